The number of nitrogens with one attached hydrogen (secondary N) is 3. The van der Waals surface area contributed by atoms with E-state index < -0.39 is 47.3 Å². The number of thioether (sulfide) groups is 2. The molecule has 2 aromatic rings. The van der Waals surface area contributed by atoms with Crippen molar-refractivity contribution in [2.45, 2.75) is 42.5 Å². The van der Waals surface area contributed by atoms with Gasteiger partial charge >= 0.3 is 17.9 Å². The van der Waals surface area contributed by atoms with Crippen LogP contribution >= 0.6 is 23.5 Å². The number of aromatic amines is 1. The monoisotopic (exact) mass is 605 g/mol. The van der Waals surface area contributed by atoms with Crippen molar-refractivity contribution in [1.82, 2.24) is 25.4 Å². The van der Waals surface area contributed by atoms with Gasteiger partial charge in [-0.1, -0.05) is 23.9 Å². The van der Waals surface area contributed by atoms with Crippen molar-refractivity contribution >= 4 is 58.9 Å². The average molecular weight is 606 g/mol. The van der Waals surface area contributed by atoms with Crippen LogP contribution in [0.4, 0.5) is 5.69 Å². The van der Waals surface area contributed by atoms with Crippen LogP contribution in [-0.2, 0) is 41.6 Å². The number of nitrogens with zero attached hydrogens (tertiary/aromatic N) is 3. The van der Waals surface area contributed by atoms with Crippen LogP contribution in [0.15, 0.2) is 40.7 Å². The van der Waals surface area contributed by atoms with Gasteiger partial charge in [-0.2, -0.15) is 0 Å². The number of ether oxygens (including phenoxy) is 1. The Bertz CT molecular complexity index is 1380. The van der Waals surface area contributed by atoms with Crippen LogP contribution in [0.25, 0.3) is 0 Å². The second kappa shape index (κ2) is 13.0. The quantitative estimate of drug-likeness (QED) is 0.0750. The summed E-state index contributed by atoms with van der Waals surface area (Å²) in [6, 6.07) is 5.56. The smallest absolute Gasteiger partial charge is 0.352 e. The van der Waals surface area contributed by atoms with Gasteiger partial charge in [0.1, 0.15) is 29.4 Å². The zero-order chi connectivity index (χ0) is 29.7. The van der Waals surface area contributed by atoms with E-state index in [4.69, 9.17) is 15.6 Å². The van der Waals surface area contributed by atoms with Gasteiger partial charge in [-0.05, 0) is 30.2 Å². The third-order valence-corrected chi connectivity index (χ3v) is 8.25. The lowest BCUT2D eigenvalue weighted by Crippen LogP contribution is -2.70. The first-order valence-corrected chi connectivity index (χ1v) is 14.3. The zero-order valence-corrected chi connectivity index (χ0v) is 23.3. The van der Waals surface area contributed by atoms with Crippen LogP contribution in [0.1, 0.15) is 18.3 Å². The molecule has 7 N–H and O–H groups in total. The molecule has 41 heavy (non-hydrogen) atoms. The molecule has 17 heteroatoms. The van der Waals surface area contributed by atoms with E-state index >= 15 is 0 Å². The molecule has 0 radical (unpaired) electrons. The molecule has 2 amide bonds. The molecule has 3 heterocycles. The second-order valence-corrected chi connectivity index (χ2v) is 10.9. The first-order chi connectivity index (χ1) is 19.6. The predicted molar refractivity (Wildman–Crippen MR) is 147 cm³/mol. The maximum atomic E-state index is 12.9. The van der Waals surface area contributed by atoms with Crippen LogP contribution in [0.3, 0.4) is 0 Å². The number of nitrogens with two attached hydrogens (primary N) is 1. The molecule has 0 spiro atoms. The Morgan fingerprint density at radius 2 is 1.98 bits per heavy atom. The molecular weight excluding hydrogens is 578 g/mol. The minimum absolute atomic E-state index is 0.0369. The SMILES string of the molecule is CCOC(=O)Cc1nc(SCC2=C(C(=O)O)N3C(=O)C(NC(=O)Cc4ccc(NC(N)C(=O)O)cc4)[C@@H]3SC2)n[nH]1. The third-order valence-electron chi connectivity index (χ3n) is 5.98. The molecule has 218 valence electrons. The van der Waals surface area contributed by atoms with Gasteiger partial charge in [0, 0.05) is 17.2 Å². The number of aromatic nitrogens is 3. The average Bonchev–Trinajstić information content (AvgIpc) is 3.37. The molecule has 2 aliphatic heterocycles. The molecule has 1 saturated heterocycles. The second-order valence-electron chi connectivity index (χ2n) is 8.88. The molecule has 0 bridgehead atoms. The third kappa shape index (κ3) is 7.17. The highest BCUT2D eigenvalue weighted by Gasteiger charge is 2.54. The summed E-state index contributed by atoms with van der Waals surface area (Å²) in [5.41, 5.74) is 6.92. The Morgan fingerprint density at radius 3 is 2.63 bits per heavy atom. The first kappa shape index (κ1) is 29.9. The van der Waals surface area contributed by atoms with E-state index in [2.05, 4.69) is 25.8 Å². The highest BCUT2D eigenvalue weighted by atomic mass is 32.2. The number of H-pyrrole nitrogens is 1. The fourth-order valence-electron chi connectivity index (χ4n) is 4.09. The van der Waals surface area contributed by atoms with Crippen molar-refractivity contribution in [3.8, 4) is 0 Å². The molecule has 0 aliphatic carbocycles. The number of benzene rings is 1. The van der Waals surface area contributed by atoms with Crippen LogP contribution in [0.5, 0.6) is 0 Å². The van der Waals surface area contributed by atoms with Crippen molar-refractivity contribution in [2.75, 3.05) is 23.4 Å². The van der Waals surface area contributed by atoms with Gasteiger partial charge in [-0.3, -0.25) is 24.4 Å². The van der Waals surface area contributed by atoms with Crippen LogP contribution in [0.2, 0.25) is 0 Å². The van der Waals surface area contributed by atoms with E-state index in [-0.39, 0.29) is 30.9 Å². The van der Waals surface area contributed by atoms with Gasteiger partial charge in [0.15, 0.2) is 6.17 Å². The number of carboxylic acid groups (broad SMARTS) is 2. The Kier molecular flexibility index (Phi) is 9.51. The van der Waals surface area contributed by atoms with E-state index in [0.29, 0.717) is 33.6 Å². The Hall–Kier alpha value is -4.09. The summed E-state index contributed by atoms with van der Waals surface area (Å²) >= 11 is 2.51. The molecule has 4 rings (SSSR count). The number of rotatable bonds is 13. The van der Waals surface area contributed by atoms with E-state index in [0.717, 1.165) is 0 Å². The molecule has 3 atom stereocenters. The van der Waals surface area contributed by atoms with E-state index in [1.165, 1.54) is 28.4 Å². The fourth-order valence-corrected chi connectivity index (χ4v) is 6.39. The maximum absolute atomic E-state index is 12.9. The van der Waals surface area contributed by atoms with E-state index in [9.17, 15) is 29.1 Å². The van der Waals surface area contributed by atoms with Crippen molar-refractivity contribution in [2.24, 2.45) is 5.73 Å². The largest absolute Gasteiger partial charge is 0.479 e. The summed E-state index contributed by atoms with van der Waals surface area (Å²) < 4.78 is 4.88. The van der Waals surface area contributed by atoms with Gasteiger partial charge in [0.25, 0.3) is 5.91 Å². The molecule has 0 saturated carbocycles. The summed E-state index contributed by atoms with van der Waals surface area (Å²) in [4.78, 5) is 65.6. The van der Waals surface area contributed by atoms with Gasteiger partial charge in [0.05, 0.1) is 13.0 Å². The Balaban J connectivity index is 1.33. The molecule has 15 nitrogen and oxygen atoms in total. The summed E-state index contributed by atoms with van der Waals surface area (Å²) in [7, 11) is 0. The van der Waals surface area contributed by atoms with E-state index in [1.54, 1.807) is 31.2 Å². The number of aliphatic carboxylic acids is 2. The molecular formula is C24H27N7O8S2. The number of carbonyl (C=O) groups is 5. The Morgan fingerprint density at radius 1 is 1.24 bits per heavy atom. The summed E-state index contributed by atoms with van der Waals surface area (Å²) in [5.74, 6) is -3.00. The standard InChI is InChI=1S/C24H27N7O8S2/c1-2-39-16(33)8-14-27-24(30-29-14)41-10-12-9-40-21-17(20(34)31(21)18(12)22(35)36)28-15(32)7-11-3-5-13(6-4-11)26-19(25)23(37)38/h3-6,17,19,21,26H,2,7-10,25H2,1H3,(H,28,32)(H,35,36)(H,37,38)(H,27,29,30)/t17?,19?,21-/m0/s1. The highest BCUT2D eigenvalue weighted by molar-refractivity contribution is 8.01. The lowest BCUT2D eigenvalue weighted by Gasteiger charge is -2.49. The summed E-state index contributed by atoms with van der Waals surface area (Å²) in [6.07, 6.45) is -1.38. The number of fused-ring (bicyclic) bond motifs is 1. The molecule has 1 aromatic carbocycles. The number of hydrogen-bond donors (Lipinski definition) is 6. The number of anilines is 1. The van der Waals surface area contributed by atoms with Crippen LogP contribution < -0.4 is 16.4 Å². The van der Waals surface area contributed by atoms with E-state index in [1.807, 2.05) is 0 Å². The lowest BCUT2D eigenvalue weighted by molar-refractivity contribution is -0.150. The van der Waals surface area contributed by atoms with Gasteiger partial charge < -0.3 is 31.3 Å². The fraction of sp³-hybridized carbons (Fsp3) is 0.375. The van der Waals surface area contributed by atoms with Gasteiger partial charge in [-0.15, -0.1) is 16.9 Å². The summed E-state index contributed by atoms with van der Waals surface area (Å²) in [6.45, 7) is 1.95. The Labute approximate surface area is 241 Å². The molecule has 1 fully saturated rings. The number of carboxylic acids is 2. The van der Waals surface area contributed by atoms with Crippen molar-refractivity contribution < 1.29 is 38.9 Å². The van der Waals surface area contributed by atoms with Crippen molar-refractivity contribution in [3.63, 3.8) is 0 Å². The van der Waals surface area contributed by atoms with Gasteiger partial charge in [0.2, 0.25) is 11.1 Å². The van der Waals surface area contributed by atoms with Crippen molar-refractivity contribution in [1.29, 1.82) is 0 Å². The maximum Gasteiger partial charge on any atom is 0.352 e. The normalized spacial score (nSPS) is 18.7. The van der Waals surface area contributed by atoms with Crippen LogP contribution in [-0.4, -0.2) is 95.7 Å². The lowest BCUT2D eigenvalue weighted by atomic mass is 10.0. The number of hydrogen-bond acceptors (Lipinski definition) is 12. The van der Waals surface area contributed by atoms with Crippen molar-refractivity contribution in [3.05, 3.63) is 46.9 Å². The van der Waals surface area contributed by atoms with Gasteiger partial charge in [-0.25, -0.2) is 14.6 Å². The topological polar surface area (TPSA) is 230 Å². The zero-order valence-electron chi connectivity index (χ0n) is 21.7. The first-order valence-electron chi connectivity index (χ1n) is 12.3. The number of β-lactam (4-membered cyclic amide) rings is 1. The number of carbonyl (C=O) groups excluding carboxylic acids is 3. The minimum Gasteiger partial charge on any atom is -0.479 e. The summed E-state index contributed by atoms with van der Waals surface area (Å²) in [5, 5.41) is 30.5. The predicted octanol–water partition coefficient (Wildman–Crippen LogP) is -0.235. The minimum atomic E-state index is -1.27. The molecule has 1 aromatic heterocycles. The number of esters is 1. The van der Waals surface area contributed by atoms with Crippen LogP contribution in [0, 0.1) is 0 Å². The highest BCUT2D eigenvalue weighted by Crippen LogP contribution is 2.41. The molecule has 2 unspecified atom stereocenters. The molecule has 2 aliphatic rings. The number of amides is 2.